The average Bonchev–Trinajstić information content (AvgIpc) is 2.41. The van der Waals surface area contributed by atoms with Gasteiger partial charge in [0.05, 0.1) is 12.9 Å². The Morgan fingerprint density at radius 2 is 2.05 bits per heavy atom. The molecule has 1 atom stereocenters. The fourth-order valence-electron chi connectivity index (χ4n) is 2.38. The number of carbonyl (C=O) groups is 2. The molecule has 0 aromatic heterocycles. The SMILES string of the molecule is [2H]C1=C(C)C(C(=O)O)=C(C)C(OC)(OC)C1C=CC=O. The second kappa shape index (κ2) is 5.95. The largest absolute Gasteiger partial charge is 0.478 e. The Kier molecular flexibility index (Phi) is 4.29. The second-order valence-electron chi connectivity index (χ2n) is 4.15. The van der Waals surface area contributed by atoms with Crippen molar-refractivity contribution in [1.29, 1.82) is 0 Å². The van der Waals surface area contributed by atoms with Crippen LogP contribution in [-0.2, 0) is 19.1 Å². The number of ether oxygens (including phenoxy) is 2. The number of aldehydes is 1. The zero-order valence-electron chi connectivity index (χ0n) is 12.4. The van der Waals surface area contributed by atoms with Crippen molar-refractivity contribution in [2.24, 2.45) is 5.92 Å². The summed E-state index contributed by atoms with van der Waals surface area (Å²) in [5.41, 5.74) is 0.707. The molecule has 1 unspecified atom stereocenters. The van der Waals surface area contributed by atoms with Gasteiger partial charge in [-0.3, -0.25) is 4.79 Å². The molecular formula is C14H18O5. The Morgan fingerprint density at radius 3 is 2.47 bits per heavy atom. The van der Waals surface area contributed by atoms with Crippen LogP contribution < -0.4 is 0 Å². The van der Waals surface area contributed by atoms with Gasteiger partial charge in [-0.05, 0) is 25.5 Å². The summed E-state index contributed by atoms with van der Waals surface area (Å²) < 4.78 is 18.9. The van der Waals surface area contributed by atoms with Crippen LogP contribution in [0.4, 0.5) is 0 Å². The Labute approximate surface area is 113 Å². The summed E-state index contributed by atoms with van der Waals surface area (Å²) in [6, 6.07) is 0.0507. The summed E-state index contributed by atoms with van der Waals surface area (Å²) in [6.07, 6.45) is 3.32. The molecule has 1 aliphatic carbocycles. The van der Waals surface area contributed by atoms with E-state index >= 15 is 0 Å². The molecule has 0 aliphatic heterocycles. The molecule has 0 amide bonds. The summed E-state index contributed by atoms with van der Waals surface area (Å²) >= 11 is 0. The van der Waals surface area contributed by atoms with Crippen LogP contribution in [0.5, 0.6) is 0 Å². The third-order valence-electron chi connectivity index (χ3n) is 3.26. The highest BCUT2D eigenvalue weighted by Crippen LogP contribution is 2.40. The maximum atomic E-state index is 11.4. The third kappa shape index (κ3) is 2.52. The highest BCUT2D eigenvalue weighted by molar-refractivity contribution is 5.93. The molecule has 104 valence electrons. The number of rotatable bonds is 5. The van der Waals surface area contributed by atoms with Gasteiger partial charge in [0.1, 0.15) is 6.29 Å². The molecule has 0 heterocycles. The zero-order chi connectivity index (χ0) is 15.5. The van der Waals surface area contributed by atoms with Gasteiger partial charge in [-0.15, -0.1) is 0 Å². The smallest absolute Gasteiger partial charge is 0.336 e. The van der Waals surface area contributed by atoms with E-state index in [0.717, 1.165) is 0 Å². The van der Waals surface area contributed by atoms with E-state index in [1.54, 1.807) is 13.8 Å². The quantitative estimate of drug-likeness (QED) is 0.466. The number of aliphatic carboxylic acids is 1. The lowest BCUT2D eigenvalue weighted by Gasteiger charge is -2.40. The number of allylic oxidation sites excluding steroid dienone is 1. The van der Waals surface area contributed by atoms with E-state index in [-0.39, 0.29) is 11.6 Å². The molecule has 0 spiro atoms. The van der Waals surface area contributed by atoms with Crippen LogP contribution in [0.25, 0.3) is 0 Å². The van der Waals surface area contributed by atoms with E-state index in [0.29, 0.717) is 17.4 Å². The molecule has 5 nitrogen and oxygen atoms in total. The topological polar surface area (TPSA) is 72.8 Å². The van der Waals surface area contributed by atoms with Gasteiger partial charge < -0.3 is 14.6 Å². The lowest BCUT2D eigenvalue weighted by molar-refractivity contribution is -0.195. The summed E-state index contributed by atoms with van der Waals surface area (Å²) in [5.74, 6) is -3.23. The maximum Gasteiger partial charge on any atom is 0.336 e. The fourth-order valence-corrected chi connectivity index (χ4v) is 2.38. The van der Waals surface area contributed by atoms with Crippen molar-refractivity contribution in [2.45, 2.75) is 19.6 Å². The molecular weight excluding hydrogens is 248 g/mol. The van der Waals surface area contributed by atoms with Crippen LogP contribution in [0.15, 0.2) is 34.9 Å². The van der Waals surface area contributed by atoms with Crippen molar-refractivity contribution in [3.8, 4) is 0 Å². The van der Waals surface area contributed by atoms with Crippen molar-refractivity contribution in [2.75, 3.05) is 14.2 Å². The first-order chi connectivity index (χ1) is 9.37. The molecule has 1 aliphatic rings. The number of methoxy groups -OCH3 is 2. The molecule has 0 fully saturated rings. The highest BCUT2D eigenvalue weighted by atomic mass is 16.7. The van der Waals surface area contributed by atoms with Gasteiger partial charge in [-0.2, -0.15) is 0 Å². The summed E-state index contributed by atoms with van der Waals surface area (Å²) in [4.78, 5) is 21.9. The van der Waals surface area contributed by atoms with Gasteiger partial charge in [-0.25, -0.2) is 4.79 Å². The second-order valence-corrected chi connectivity index (χ2v) is 4.15. The summed E-state index contributed by atoms with van der Waals surface area (Å²) in [5, 5.41) is 9.32. The third-order valence-corrected chi connectivity index (χ3v) is 3.26. The van der Waals surface area contributed by atoms with E-state index in [1.165, 1.54) is 26.4 Å². The van der Waals surface area contributed by atoms with Gasteiger partial charge in [0.15, 0.2) is 0 Å². The molecule has 0 aromatic rings. The van der Waals surface area contributed by atoms with E-state index in [1.807, 2.05) is 0 Å². The minimum atomic E-state index is -1.40. The van der Waals surface area contributed by atoms with Gasteiger partial charge in [0.25, 0.3) is 0 Å². The van der Waals surface area contributed by atoms with E-state index in [4.69, 9.17) is 10.8 Å². The number of carbonyl (C=O) groups excluding carboxylic acids is 1. The molecule has 5 heteroatoms. The maximum absolute atomic E-state index is 11.4. The van der Waals surface area contributed by atoms with Crippen LogP contribution in [-0.4, -0.2) is 37.4 Å². The lowest BCUT2D eigenvalue weighted by atomic mass is 9.80. The Morgan fingerprint density at radius 1 is 1.47 bits per heavy atom. The zero-order valence-corrected chi connectivity index (χ0v) is 11.4. The number of carboxylic acid groups (broad SMARTS) is 1. The monoisotopic (exact) mass is 267 g/mol. The summed E-state index contributed by atoms with van der Waals surface area (Å²) in [7, 11) is 2.75. The molecule has 1 rings (SSSR count). The van der Waals surface area contributed by atoms with Crippen molar-refractivity contribution in [3.63, 3.8) is 0 Å². The Balaban J connectivity index is 3.61. The van der Waals surface area contributed by atoms with Crippen molar-refractivity contribution < 1.29 is 25.5 Å². The fraction of sp³-hybridized carbons (Fsp3) is 0.429. The summed E-state index contributed by atoms with van der Waals surface area (Å²) in [6.45, 7) is 3.15. The van der Waals surface area contributed by atoms with Crippen molar-refractivity contribution >= 4 is 12.3 Å². The van der Waals surface area contributed by atoms with E-state index in [2.05, 4.69) is 0 Å². The Hall–Kier alpha value is -1.72. The van der Waals surface area contributed by atoms with Crippen LogP contribution in [0.1, 0.15) is 15.2 Å². The van der Waals surface area contributed by atoms with Crippen LogP contribution in [0.2, 0.25) is 0 Å². The highest BCUT2D eigenvalue weighted by Gasteiger charge is 2.44. The molecule has 0 saturated heterocycles. The first-order valence-electron chi connectivity index (χ1n) is 6.22. The molecule has 0 saturated carbocycles. The first kappa shape index (κ1) is 13.7. The van der Waals surface area contributed by atoms with Crippen LogP contribution >= 0.6 is 0 Å². The lowest BCUT2D eigenvalue weighted by Crippen LogP contribution is -2.45. The minimum Gasteiger partial charge on any atom is -0.478 e. The molecule has 0 bridgehead atoms. The van der Waals surface area contributed by atoms with Gasteiger partial charge >= 0.3 is 5.97 Å². The molecule has 1 N–H and O–H groups in total. The predicted octanol–water partition coefficient (Wildman–Crippen LogP) is 1.71. The van der Waals surface area contributed by atoms with Gasteiger partial charge in [0.2, 0.25) is 5.79 Å². The van der Waals surface area contributed by atoms with Crippen molar-refractivity contribution in [1.82, 2.24) is 0 Å². The molecule has 0 radical (unpaired) electrons. The number of hydrogen-bond acceptors (Lipinski definition) is 4. The number of hydrogen-bond donors (Lipinski definition) is 1. The van der Waals surface area contributed by atoms with Crippen LogP contribution in [0.3, 0.4) is 0 Å². The molecule has 19 heavy (non-hydrogen) atoms. The Bertz CT molecular complexity index is 512. The molecule has 0 aromatic carbocycles. The van der Waals surface area contributed by atoms with E-state index < -0.39 is 17.7 Å². The van der Waals surface area contributed by atoms with Gasteiger partial charge in [0, 0.05) is 19.8 Å². The normalized spacial score (nSPS) is 23.8. The predicted molar refractivity (Wildman–Crippen MR) is 69.5 cm³/mol. The standard InChI is InChI=1S/C14H18O5/c1-9-8-11(6-5-7-15)14(18-3,19-4)10(2)12(9)13(16)17/h5-8,11H,1-4H3,(H,16,17)/i8D. The number of carboxylic acids is 1. The van der Waals surface area contributed by atoms with Crippen molar-refractivity contribution in [3.05, 3.63) is 34.9 Å². The average molecular weight is 267 g/mol. The first-order valence-corrected chi connectivity index (χ1v) is 5.72. The van der Waals surface area contributed by atoms with Gasteiger partial charge in [-0.1, -0.05) is 12.1 Å². The van der Waals surface area contributed by atoms with E-state index in [9.17, 15) is 14.7 Å². The van der Waals surface area contributed by atoms with Crippen LogP contribution in [0, 0.1) is 5.92 Å². The minimum absolute atomic E-state index is 0.00875.